The van der Waals surface area contributed by atoms with Crippen molar-refractivity contribution in [2.75, 3.05) is 11.9 Å². The fraction of sp³-hybridized carbons (Fsp3) is 0.304. The molecule has 0 bridgehead atoms. The Hall–Kier alpha value is -2.23. The monoisotopic (exact) mass is 523 g/mol. The largest absolute Gasteiger partial charge is 0.416 e. The molecule has 0 saturated carbocycles. The number of amides is 1. The van der Waals surface area contributed by atoms with Crippen molar-refractivity contribution in [3.8, 4) is 11.3 Å². The van der Waals surface area contributed by atoms with E-state index in [1.54, 1.807) is 6.07 Å². The van der Waals surface area contributed by atoms with Gasteiger partial charge in [-0.3, -0.25) is 9.69 Å². The number of nitrogens with one attached hydrogen (secondary N) is 1. The summed E-state index contributed by atoms with van der Waals surface area (Å²) in [6.07, 6.45) is -2.41. The van der Waals surface area contributed by atoms with Crippen molar-refractivity contribution < 1.29 is 18.0 Å². The molecule has 32 heavy (non-hydrogen) atoms. The number of likely N-dealkylation sites (tertiary alicyclic amines) is 1. The summed E-state index contributed by atoms with van der Waals surface area (Å²) < 4.78 is 40.5. The highest BCUT2D eigenvalue weighted by Crippen LogP contribution is 2.40. The maximum atomic E-state index is 13.4. The number of alkyl halides is 3. The molecule has 1 amide bonds. The van der Waals surface area contributed by atoms with E-state index in [2.05, 4.69) is 43.3 Å². The van der Waals surface area contributed by atoms with Crippen molar-refractivity contribution in [3.05, 3.63) is 69.0 Å². The van der Waals surface area contributed by atoms with Gasteiger partial charge in [0.05, 0.1) is 11.3 Å². The number of anilines is 1. The van der Waals surface area contributed by atoms with E-state index in [1.165, 1.54) is 23.8 Å². The Morgan fingerprint density at radius 1 is 1.25 bits per heavy atom. The second-order valence-electron chi connectivity index (χ2n) is 7.74. The molecule has 1 aliphatic heterocycles. The Kier molecular flexibility index (Phi) is 6.69. The van der Waals surface area contributed by atoms with Gasteiger partial charge in [-0.2, -0.15) is 13.2 Å². The Labute approximate surface area is 196 Å². The van der Waals surface area contributed by atoms with E-state index in [-0.39, 0.29) is 11.9 Å². The van der Waals surface area contributed by atoms with E-state index in [4.69, 9.17) is 0 Å². The molecule has 1 saturated heterocycles. The van der Waals surface area contributed by atoms with Crippen LogP contribution < -0.4 is 5.32 Å². The molecule has 2 aromatic carbocycles. The second kappa shape index (κ2) is 9.33. The minimum atomic E-state index is -4.47. The van der Waals surface area contributed by atoms with Gasteiger partial charge >= 0.3 is 6.18 Å². The first-order chi connectivity index (χ1) is 15.2. The quantitative estimate of drug-likeness (QED) is 0.396. The molecular formula is C23H21BrF3N3OS. The van der Waals surface area contributed by atoms with Crippen LogP contribution in [0.5, 0.6) is 0 Å². The summed E-state index contributed by atoms with van der Waals surface area (Å²) in [5.41, 5.74) is 1.31. The molecule has 1 aromatic heterocycles. The number of benzene rings is 2. The van der Waals surface area contributed by atoms with Gasteiger partial charge in [-0.1, -0.05) is 57.6 Å². The molecule has 0 spiro atoms. The molecule has 1 aliphatic rings. The van der Waals surface area contributed by atoms with Crippen LogP contribution in [0.2, 0.25) is 0 Å². The first kappa shape index (κ1) is 22.9. The Bertz CT molecular complexity index is 1120. The lowest BCUT2D eigenvalue weighted by Gasteiger charge is -2.24. The topological polar surface area (TPSA) is 45.2 Å². The number of thiazole rings is 1. The number of hydrogen-bond donors (Lipinski definition) is 1. The number of hydrogen-bond acceptors (Lipinski definition) is 4. The lowest BCUT2D eigenvalue weighted by molar-refractivity contribution is -0.137. The van der Waals surface area contributed by atoms with E-state index in [0.717, 1.165) is 36.4 Å². The van der Waals surface area contributed by atoms with Gasteiger partial charge < -0.3 is 5.32 Å². The maximum Gasteiger partial charge on any atom is 0.416 e. The van der Waals surface area contributed by atoms with E-state index < -0.39 is 11.7 Å². The van der Waals surface area contributed by atoms with Crippen molar-refractivity contribution in [2.24, 2.45) is 0 Å². The lowest BCUT2D eigenvalue weighted by Crippen LogP contribution is -2.22. The van der Waals surface area contributed by atoms with Crippen LogP contribution >= 0.6 is 27.3 Å². The molecule has 0 radical (unpaired) electrons. The molecule has 2 heterocycles. The average molecular weight is 524 g/mol. The zero-order valence-electron chi connectivity index (χ0n) is 17.2. The number of halogens is 4. The summed E-state index contributed by atoms with van der Waals surface area (Å²) in [4.78, 5) is 19.2. The van der Waals surface area contributed by atoms with Crippen LogP contribution in [0.3, 0.4) is 0 Å². The van der Waals surface area contributed by atoms with Crippen molar-refractivity contribution in [2.45, 2.75) is 38.5 Å². The van der Waals surface area contributed by atoms with Crippen molar-refractivity contribution in [1.82, 2.24) is 9.88 Å². The molecule has 0 aliphatic carbocycles. The zero-order chi connectivity index (χ0) is 22.9. The van der Waals surface area contributed by atoms with Crippen LogP contribution in [0.15, 0.2) is 53.0 Å². The number of aromatic nitrogens is 1. The van der Waals surface area contributed by atoms with Crippen molar-refractivity contribution >= 4 is 38.3 Å². The first-order valence-corrected chi connectivity index (χ1v) is 11.8. The zero-order valence-corrected chi connectivity index (χ0v) is 19.6. The van der Waals surface area contributed by atoms with Crippen LogP contribution in [0.1, 0.15) is 41.8 Å². The minimum Gasteiger partial charge on any atom is -0.302 e. The molecule has 1 atom stereocenters. The Morgan fingerprint density at radius 2 is 2.00 bits per heavy atom. The van der Waals surface area contributed by atoms with Crippen LogP contribution in [-0.4, -0.2) is 22.3 Å². The van der Waals surface area contributed by atoms with Gasteiger partial charge in [0, 0.05) is 34.4 Å². The van der Waals surface area contributed by atoms with Crippen LogP contribution in [0, 0.1) is 0 Å². The van der Waals surface area contributed by atoms with E-state index in [0.29, 0.717) is 27.4 Å². The third-order valence-corrected chi connectivity index (χ3v) is 6.79. The summed E-state index contributed by atoms with van der Waals surface area (Å²) in [6, 6.07) is 14.2. The second-order valence-corrected chi connectivity index (χ2v) is 9.74. The van der Waals surface area contributed by atoms with Crippen LogP contribution in [0.4, 0.5) is 18.3 Å². The molecule has 4 rings (SSSR count). The molecule has 9 heteroatoms. The third-order valence-electron chi connectivity index (χ3n) is 5.37. The number of nitrogens with zero attached hydrogens (tertiary/aromatic N) is 2. The van der Waals surface area contributed by atoms with Gasteiger partial charge in [0.15, 0.2) is 5.13 Å². The number of carbonyl (C=O) groups is 1. The Morgan fingerprint density at radius 3 is 2.69 bits per heavy atom. The van der Waals surface area contributed by atoms with E-state index in [9.17, 15) is 18.0 Å². The minimum absolute atomic E-state index is 0.239. The van der Waals surface area contributed by atoms with Crippen LogP contribution in [0.25, 0.3) is 11.3 Å². The summed E-state index contributed by atoms with van der Waals surface area (Å²) in [6.45, 7) is 2.81. The van der Waals surface area contributed by atoms with E-state index >= 15 is 0 Å². The van der Waals surface area contributed by atoms with Crippen molar-refractivity contribution in [1.29, 1.82) is 0 Å². The summed E-state index contributed by atoms with van der Waals surface area (Å²) in [5.74, 6) is -0.273. The highest BCUT2D eigenvalue weighted by molar-refractivity contribution is 9.10. The van der Waals surface area contributed by atoms with Gasteiger partial charge in [0.1, 0.15) is 0 Å². The summed E-state index contributed by atoms with van der Waals surface area (Å²) in [7, 11) is 0. The third kappa shape index (κ3) is 5.22. The molecule has 1 fully saturated rings. The van der Waals surface area contributed by atoms with Gasteiger partial charge in [0.25, 0.3) is 0 Å². The Balaban J connectivity index is 1.72. The fourth-order valence-corrected chi connectivity index (χ4v) is 5.58. The molecule has 4 nitrogen and oxygen atoms in total. The van der Waals surface area contributed by atoms with Gasteiger partial charge in [-0.05, 0) is 43.1 Å². The first-order valence-electron chi connectivity index (χ1n) is 10.1. The molecule has 168 valence electrons. The maximum absolute atomic E-state index is 13.4. The standard InChI is InChI=1S/C23H21BrF3N3OS/c1-14(31)28-22-29-21(16-10-17(23(25,26)27)12-18(24)11-16)20(32-22)13-30-9-5-8-19(30)15-6-3-2-4-7-15/h2-4,6-7,10-12,19H,5,8-9,13H2,1H3,(H,28,29,31)/t19-/m0/s1. The van der Waals surface area contributed by atoms with Crippen LogP contribution in [-0.2, 0) is 17.5 Å². The summed E-state index contributed by atoms with van der Waals surface area (Å²) in [5, 5.41) is 3.06. The highest BCUT2D eigenvalue weighted by Gasteiger charge is 2.32. The van der Waals surface area contributed by atoms with E-state index in [1.807, 2.05) is 18.2 Å². The predicted octanol–water partition coefficient (Wildman–Crippen LogP) is 6.89. The normalized spacial score (nSPS) is 17.0. The molecule has 0 unspecified atom stereocenters. The number of rotatable bonds is 5. The van der Waals surface area contributed by atoms with Gasteiger partial charge in [-0.15, -0.1) is 0 Å². The molecular weight excluding hydrogens is 503 g/mol. The molecule has 1 N–H and O–H groups in total. The lowest BCUT2D eigenvalue weighted by atomic mass is 10.0. The number of carbonyl (C=O) groups excluding carboxylic acids is 1. The predicted molar refractivity (Wildman–Crippen MR) is 123 cm³/mol. The van der Waals surface area contributed by atoms with Gasteiger partial charge in [0.2, 0.25) is 5.91 Å². The average Bonchev–Trinajstić information content (AvgIpc) is 3.34. The SMILES string of the molecule is CC(=O)Nc1nc(-c2cc(Br)cc(C(F)(F)F)c2)c(CN2CCC[C@H]2c2ccccc2)s1. The van der Waals surface area contributed by atoms with Crippen molar-refractivity contribution in [3.63, 3.8) is 0 Å². The fourth-order valence-electron chi connectivity index (χ4n) is 4.03. The summed E-state index contributed by atoms with van der Waals surface area (Å²) >= 11 is 4.50. The highest BCUT2D eigenvalue weighted by atomic mass is 79.9. The van der Waals surface area contributed by atoms with Gasteiger partial charge in [-0.25, -0.2) is 4.98 Å². The smallest absolute Gasteiger partial charge is 0.302 e. The molecule has 3 aromatic rings.